The van der Waals surface area contributed by atoms with Crippen LogP contribution in [-0.2, 0) is 24.1 Å². The van der Waals surface area contributed by atoms with E-state index in [4.69, 9.17) is 21.1 Å². The Bertz CT molecular complexity index is 1250. The van der Waals surface area contributed by atoms with Gasteiger partial charge < -0.3 is 14.0 Å². The fourth-order valence-electron chi connectivity index (χ4n) is 3.58. The first-order valence-corrected chi connectivity index (χ1v) is 10.0. The van der Waals surface area contributed by atoms with Crippen molar-refractivity contribution in [1.82, 2.24) is 14.5 Å². The standard InChI is InChI=1S/C23H19ClF3N3O2/c1-31-13-21-29-19-7-3-14(15-4-8-22(32-2)28-11-15)10-20(19)30(21)12-16-9-17(24)5-6-18(16)23(25,26)27/h3-11H,12-13H2,1-2H3. The molecular weight excluding hydrogens is 443 g/mol. The van der Waals surface area contributed by atoms with Gasteiger partial charge in [0.25, 0.3) is 0 Å². The molecule has 0 aliphatic heterocycles. The smallest absolute Gasteiger partial charge is 0.416 e. The minimum absolute atomic E-state index is 0.0539. The minimum Gasteiger partial charge on any atom is -0.481 e. The van der Waals surface area contributed by atoms with Gasteiger partial charge in [0.05, 0.1) is 30.3 Å². The minimum atomic E-state index is -4.50. The lowest BCUT2D eigenvalue weighted by molar-refractivity contribution is -0.138. The molecule has 2 aromatic heterocycles. The average molecular weight is 462 g/mol. The number of aromatic nitrogens is 3. The number of alkyl halides is 3. The Hall–Kier alpha value is -3.10. The zero-order valence-corrected chi connectivity index (χ0v) is 18.0. The van der Waals surface area contributed by atoms with Crippen molar-refractivity contribution in [2.24, 2.45) is 0 Å². The van der Waals surface area contributed by atoms with E-state index >= 15 is 0 Å². The van der Waals surface area contributed by atoms with Gasteiger partial charge in [0, 0.05) is 30.0 Å². The number of nitrogens with zero attached hydrogens (tertiary/aromatic N) is 3. The van der Waals surface area contributed by atoms with Gasteiger partial charge in [0.1, 0.15) is 12.4 Å². The largest absolute Gasteiger partial charge is 0.481 e. The molecule has 0 fully saturated rings. The maximum absolute atomic E-state index is 13.6. The van der Waals surface area contributed by atoms with Gasteiger partial charge >= 0.3 is 6.18 Å². The van der Waals surface area contributed by atoms with Crippen molar-refractivity contribution in [1.29, 1.82) is 0 Å². The highest BCUT2D eigenvalue weighted by atomic mass is 35.5. The number of ether oxygens (including phenoxy) is 2. The Morgan fingerprint density at radius 2 is 1.78 bits per heavy atom. The Balaban J connectivity index is 1.84. The average Bonchev–Trinajstić information content (AvgIpc) is 3.09. The molecule has 0 saturated carbocycles. The number of imidazole rings is 1. The van der Waals surface area contributed by atoms with Crippen molar-refractivity contribution in [3.05, 3.63) is 76.7 Å². The molecule has 0 unspecified atom stereocenters. The van der Waals surface area contributed by atoms with Gasteiger partial charge in [0.15, 0.2) is 0 Å². The highest BCUT2D eigenvalue weighted by Gasteiger charge is 2.33. The van der Waals surface area contributed by atoms with Crippen LogP contribution < -0.4 is 4.74 Å². The van der Waals surface area contributed by atoms with Crippen LogP contribution in [0.5, 0.6) is 5.88 Å². The molecule has 2 aromatic carbocycles. The van der Waals surface area contributed by atoms with Crippen molar-refractivity contribution in [2.75, 3.05) is 14.2 Å². The predicted octanol–water partition coefficient (Wildman–Crippen LogP) is 5.97. The van der Waals surface area contributed by atoms with E-state index in [1.165, 1.54) is 26.4 Å². The van der Waals surface area contributed by atoms with Gasteiger partial charge in [-0.05, 0) is 47.5 Å². The molecule has 0 N–H and O–H groups in total. The zero-order valence-electron chi connectivity index (χ0n) is 17.3. The second kappa shape index (κ2) is 8.80. The summed E-state index contributed by atoms with van der Waals surface area (Å²) in [6, 6.07) is 12.8. The Labute approximate surface area is 187 Å². The number of hydrogen-bond donors (Lipinski definition) is 0. The van der Waals surface area contributed by atoms with Crippen LogP contribution in [0.15, 0.2) is 54.7 Å². The third kappa shape index (κ3) is 4.42. The Morgan fingerprint density at radius 1 is 1.00 bits per heavy atom. The quantitative estimate of drug-likeness (QED) is 0.355. The molecule has 0 bridgehead atoms. The molecule has 0 atom stereocenters. The first-order valence-electron chi connectivity index (χ1n) is 9.64. The molecule has 4 aromatic rings. The van der Waals surface area contributed by atoms with E-state index in [1.54, 1.807) is 16.8 Å². The molecule has 0 aliphatic rings. The lowest BCUT2D eigenvalue weighted by Gasteiger charge is -2.16. The number of rotatable bonds is 6. The van der Waals surface area contributed by atoms with Gasteiger partial charge in [-0.1, -0.05) is 17.7 Å². The molecule has 5 nitrogen and oxygen atoms in total. The topological polar surface area (TPSA) is 49.2 Å². The van der Waals surface area contributed by atoms with Crippen molar-refractivity contribution >= 4 is 22.6 Å². The van der Waals surface area contributed by atoms with E-state index in [9.17, 15) is 13.2 Å². The van der Waals surface area contributed by atoms with Gasteiger partial charge in [-0.2, -0.15) is 13.2 Å². The van der Waals surface area contributed by atoms with Crippen LogP contribution in [0.3, 0.4) is 0 Å². The summed E-state index contributed by atoms with van der Waals surface area (Å²) in [5, 5.41) is 0.232. The number of hydrogen-bond acceptors (Lipinski definition) is 4. The van der Waals surface area contributed by atoms with E-state index in [0.29, 0.717) is 22.7 Å². The third-order valence-corrected chi connectivity index (χ3v) is 5.32. The van der Waals surface area contributed by atoms with Crippen LogP contribution >= 0.6 is 11.6 Å². The molecule has 0 spiro atoms. The highest BCUT2D eigenvalue weighted by Crippen LogP contribution is 2.35. The zero-order chi connectivity index (χ0) is 22.9. The molecule has 32 heavy (non-hydrogen) atoms. The van der Waals surface area contributed by atoms with E-state index in [0.717, 1.165) is 17.2 Å². The molecule has 0 amide bonds. The van der Waals surface area contributed by atoms with Crippen LogP contribution in [0.4, 0.5) is 13.2 Å². The fraction of sp³-hybridized carbons (Fsp3) is 0.217. The summed E-state index contributed by atoms with van der Waals surface area (Å²) in [5.74, 6) is 1.00. The number of methoxy groups -OCH3 is 2. The second-order valence-electron chi connectivity index (χ2n) is 7.14. The number of pyridine rings is 1. The first kappa shape index (κ1) is 22.1. The maximum atomic E-state index is 13.6. The SMILES string of the molecule is COCc1nc2ccc(-c3ccc(OC)nc3)cc2n1Cc1cc(Cl)ccc1C(F)(F)F. The monoisotopic (exact) mass is 461 g/mol. The Morgan fingerprint density at radius 3 is 2.44 bits per heavy atom. The van der Waals surface area contributed by atoms with Crippen LogP contribution in [0, 0.1) is 0 Å². The second-order valence-corrected chi connectivity index (χ2v) is 7.58. The van der Waals surface area contributed by atoms with Crippen LogP contribution in [0.1, 0.15) is 17.0 Å². The summed E-state index contributed by atoms with van der Waals surface area (Å²) in [6.45, 7) is 0.0882. The fourth-order valence-corrected chi connectivity index (χ4v) is 3.77. The van der Waals surface area contributed by atoms with Crippen molar-refractivity contribution < 1.29 is 22.6 Å². The molecule has 9 heteroatoms. The normalized spacial score (nSPS) is 11.8. The molecular formula is C23H19ClF3N3O2. The number of halogens is 4. The first-order chi connectivity index (χ1) is 15.3. The molecule has 0 saturated heterocycles. The number of fused-ring (bicyclic) bond motifs is 1. The summed E-state index contributed by atoms with van der Waals surface area (Å²) in [7, 11) is 3.05. The van der Waals surface area contributed by atoms with Crippen LogP contribution in [0.25, 0.3) is 22.2 Å². The van der Waals surface area contributed by atoms with Crippen LogP contribution in [-0.4, -0.2) is 28.8 Å². The third-order valence-electron chi connectivity index (χ3n) is 5.08. The summed E-state index contributed by atoms with van der Waals surface area (Å²) in [6.07, 6.45) is -2.83. The molecule has 2 heterocycles. The van der Waals surface area contributed by atoms with Gasteiger partial charge in [0.2, 0.25) is 5.88 Å². The van der Waals surface area contributed by atoms with E-state index < -0.39 is 11.7 Å². The van der Waals surface area contributed by atoms with Gasteiger partial charge in [-0.3, -0.25) is 0 Å². The van der Waals surface area contributed by atoms with E-state index in [1.807, 2.05) is 24.3 Å². The van der Waals surface area contributed by atoms with Crippen molar-refractivity contribution in [3.8, 4) is 17.0 Å². The van der Waals surface area contributed by atoms with Gasteiger partial charge in [-0.25, -0.2) is 9.97 Å². The van der Waals surface area contributed by atoms with Crippen molar-refractivity contribution in [3.63, 3.8) is 0 Å². The van der Waals surface area contributed by atoms with E-state index in [-0.39, 0.29) is 23.7 Å². The van der Waals surface area contributed by atoms with E-state index in [2.05, 4.69) is 9.97 Å². The summed E-state index contributed by atoms with van der Waals surface area (Å²) in [4.78, 5) is 8.79. The summed E-state index contributed by atoms with van der Waals surface area (Å²) < 4.78 is 52.9. The molecule has 0 radical (unpaired) electrons. The predicted molar refractivity (Wildman–Crippen MR) is 116 cm³/mol. The molecule has 0 aliphatic carbocycles. The lowest BCUT2D eigenvalue weighted by atomic mass is 10.1. The lowest BCUT2D eigenvalue weighted by Crippen LogP contribution is -2.13. The van der Waals surface area contributed by atoms with Crippen molar-refractivity contribution in [2.45, 2.75) is 19.3 Å². The molecule has 4 rings (SSSR count). The Kier molecular flexibility index (Phi) is 6.08. The van der Waals surface area contributed by atoms with Crippen LogP contribution in [0.2, 0.25) is 5.02 Å². The number of benzene rings is 2. The molecule has 166 valence electrons. The maximum Gasteiger partial charge on any atom is 0.416 e. The summed E-state index contributed by atoms with van der Waals surface area (Å²) in [5.41, 5.74) is 2.34. The summed E-state index contributed by atoms with van der Waals surface area (Å²) >= 11 is 6.02. The van der Waals surface area contributed by atoms with Gasteiger partial charge in [-0.15, -0.1) is 0 Å². The highest BCUT2D eigenvalue weighted by molar-refractivity contribution is 6.30.